The van der Waals surface area contributed by atoms with Gasteiger partial charge >= 0.3 is 0 Å². The van der Waals surface area contributed by atoms with Crippen LogP contribution in [0.3, 0.4) is 0 Å². The van der Waals surface area contributed by atoms with E-state index in [1.54, 1.807) is 0 Å². The molecule has 1 atom stereocenters. The Kier molecular flexibility index (Phi) is 6.45. The molecule has 1 fully saturated rings. The molecule has 0 bridgehead atoms. The van der Waals surface area contributed by atoms with Crippen LogP contribution in [0.25, 0.3) is 0 Å². The molecular formula is C14H31N3. The van der Waals surface area contributed by atoms with E-state index < -0.39 is 0 Å². The highest BCUT2D eigenvalue weighted by atomic mass is 15.2. The Morgan fingerprint density at radius 1 is 1.18 bits per heavy atom. The fourth-order valence-electron chi connectivity index (χ4n) is 3.05. The van der Waals surface area contributed by atoms with Gasteiger partial charge in [0.1, 0.15) is 0 Å². The monoisotopic (exact) mass is 241 g/mol. The SMILES string of the molecule is CCCC(C)(CNC)CN1CCCN(C)CC1. The molecule has 3 nitrogen and oxygen atoms in total. The molecule has 1 aliphatic heterocycles. The van der Waals surface area contributed by atoms with E-state index in [0.717, 1.165) is 6.54 Å². The molecular weight excluding hydrogens is 210 g/mol. The van der Waals surface area contributed by atoms with Crippen LogP contribution in [-0.4, -0.2) is 63.2 Å². The van der Waals surface area contributed by atoms with Gasteiger partial charge in [0.05, 0.1) is 0 Å². The van der Waals surface area contributed by atoms with Crippen molar-refractivity contribution in [1.82, 2.24) is 15.1 Å². The van der Waals surface area contributed by atoms with E-state index in [-0.39, 0.29) is 0 Å². The minimum absolute atomic E-state index is 0.437. The second-order valence-electron chi connectivity index (χ2n) is 6.02. The molecule has 0 aliphatic carbocycles. The average Bonchev–Trinajstić information content (AvgIpc) is 2.44. The highest BCUT2D eigenvalue weighted by Gasteiger charge is 2.26. The van der Waals surface area contributed by atoms with Crippen molar-refractivity contribution >= 4 is 0 Å². The van der Waals surface area contributed by atoms with Gasteiger partial charge in [0.25, 0.3) is 0 Å². The van der Waals surface area contributed by atoms with Crippen molar-refractivity contribution in [2.45, 2.75) is 33.1 Å². The number of nitrogens with zero attached hydrogens (tertiary/aromatic N) is 2. The van der Waals surface area contributed by atoms with Crippen molar-refractivity contribution in [2.75, 3.05) is 53.4 Å². The molecule has 17 heavy (non-hydrogen) atoms. The third-order valence-corrected chi connectivity index (χ3v) is 3.87. The van der Waals surface area contributed by atoms with Crippen molar-refractivity contribution in [2.24, 2.45) is 5.41 Å². The zero-order valence-corrected chi connectivity index (χ0v) is 12.3. The topological polar surface area (TPSA) is 18.5 Å². The highest BCUT2D eigenvalue weighted by Crippen LogP contribution is 2.24. The van der Waals surface area contributed by atoms with Crippen LogP contribution in [0.5, 0.6) is 0 Å². The lowest BCUT2D eigenvalue weighted by Crippen LogP contribution is -2.42. The molecule has 0 aromatic carbocycles. The highest BCUT2D eigenvalue weighted by molar-refractivity contribution is 4.81. The molecule has 102 valence electrons. The maximum absolute atomic E-state index is 3.37. The number of likely N-dealkylation sites (N-methyl/N-ethyl adjacent to an activating group) is 1. The predicted octanol–water partition coefficient (Wildman–Crippen LogP) is 1.65. The molecule has 1 rings (SSSR count). The number of hydrogen-bond donors (Lipinski definition) is 1. The number of hydrogen-bond acceptors (Lipinski definition) is 3. The largest absolute Gasteiger partial charge is 0.319 e. The van der Waals surface area contributed by atoms with Gasteiger partial charge in [0.15, 0.2) is 0 Å². The van der Waals surface area contributed by atoms with Crippen LogP contribution in [0.4, 0.5) is 0 Å². The summed E-state index contributed by atoms with van der Waals surface area (Å²) in [4.78, 5) is 5.12. The standard InChI is InChI=1S/C14H31N3/c1-5-7-14(2,12-15-3)13-17-9-6-8-16(4)10-11-17/h15H,5-13H2,1-4H3. The Morgan fingerprint density at radius 2 is 1.94 bits per heavy atom. The quantitative estimate of drug-likeness (QED) is 0.763. The van der Waals surface area contributed by atoms with Gasteiger partial charge in [-0.1, -0.05) is 20.3 Å². The van der Waals surface area contributed by atoms with E-state index >= 15 is 0 Å². The van der Waals surface area contributed by atoms with Crippen LogP contribution in [0.2, 0.25) is 0 Å². The van der Waals surface area contributed by atoms with E-state index in [9.17, 15) is 0 Å². The maximum atomic E-state index is 3.37. The van der Waals surface area contributed by atoms with E-state index in [1.807, 2.05) is 0 Å². The summed E-state index contributed by atoms with van der Waals surface area (Å²) in [6.07, 6.45) is 3.92. The Hall–Kier alpha value is -0.120. The molecule has 0 aromatic heterocycles. The molecule has 0 radical (unpaired) electrons. The van der Waals surface area contributed by atoms with Gasteiger partial charge in [-0.2, -0.15) is 0 Å². The average molecular weight is 241 g/mol. The molecule has 3 heteroatoms. The summed E-state index contributed by atoms with van der Waals surface area (Å²) in [5.74, 6) is 0. The van der Waals surface area contributed by atoms with Crippen molar-refractivity contribution < 1.29 is 0 Å². The summed E-state index contributed by atoms with van der Waals surface area (Å²) in [5.41, 5.74) is 0.437. The van der Waals surface area contributed by atoms with Crippen molar-refractivity contribution in [3.63, 3.8) is 0 Å². The fraction of sp³-hybridized carbons (Fsp3) is 1.00. The van der Waals surface area contributed by atoms with Gasteiger partial charge < -0.3 is 15.1 Å². The first-order valence-electron chi connectivity index (χ1n) is 7.15. The van der Waals surface area contributed by atoms with E-state index in [0.29, 0.717) is 5.41 Å². The van der Waals surface area contributed by atoms with Crippen LogP contribution in [-0.2, 0) is 0 Å². The summed E-state index contributed by atoms with van der Waals surface area (Å²) >= 11 is 0. The molecule has 1 aliphatic rings. The van der Waals surface area contributed by atoms with Crippen molar-refractivity contribution in [3.8, 4) is 0 Å². The normalized spacial score (nSPS) is 23.3. The van der Waals surface area contributed by atoms with Gasteiger partial charge in [0.2, 0.25) is 0 Å². The molecule has 1 unspecified atom stereocenters. The van der Waals surface area contributed by atoms with Crippen LogP contribution < -0.4 is 5.32 Å². The second-order valence-corrected chi connectivity index (χ2v) is 6.02. The van der Waals surface area contributed by atoms with E-state index in [4.69, 9.17) is 0 Å². The minimum Gasteiger partial charge on any atom is -0.319 e. The van der Waals surface area contributed by atoms with Crippen molar-refractivity contribution in [3.05, 3.63) is 0 Å². The third-order valence-electron chi connectivity index (χ3n) is 3.87. The van der Waals surface area contributed by atoms with E-state index in [2.05, 4.69) is 43.1 Å². The lowest BCUT2D eigenvalue weighted by atomic mass is 9.84. The summed E-state index contributed by atoms with van der Waals surface area (Å²) < 4.78 is 0. The molecule has 0 amide bonds. The smallest absolute Gasteiger partial charge is 0.0109 e. The van der Waals surface area contributed by atoms with Gasteiger partial charge in [-0.3, -0.25) is 0 Å². The summed E-state index contributed by atoms with van der Waals surface area (Å²) in [7, 11) is 4.31. The van der Waals surface area contributed by atoms with Crippen molar-refractivity contribution in [1.29, 1.82) is 0 Å². The predicted molar refractivity (Wildman–Crippen MR) is 75.5 cm³/mol. The molecule has 1 N–H and O–H groups in total. The summed E-state index contributed by atoms with van der Waals surface area (Å²) in [5, 5.41) is 3.37. The van der Waals surface area contributed by atoms with Crippen LogP contribution in [0.1, 0.15) is 33.1 Å². The zero-order valence-electron chi connectivity index (χ0n) is 12.3. The number of rotatable bonds is 6. The maximum Gasteiger partial charge on any atom is 0.0109 e. The first kappa shape index (κ1) is 14.9. The fourth-order valence-corrected chi connectivity index (χ4v) is 3.05. The lowest BCUT2D eigenvalue weighted by molar-refractivity contribution is 0.155. The molecule has 0 spiro atoms. The second kappa shape index (κ2) is 7.34. The summed E-state index contributed by atoms with van der Waals surface area (Å²) in [6.45, 7) is 12.1. The van der Waals surface area contributed by atoms with Gasteiger partial charge in [-0.05, 0) is 45.4 Å². The Labute approximate surface area is 108 Å². The van der Waals surface area contributed by atoms with Gasteiger partial charge in [-0.25, -0.2) is 0 Å². The Bertz CT molecular complexity index is 200. The molecule has 0 aromatic rings. The minimum atomic E-state index is 0.437. The first-order chi connectivity index (χ1) is 8.09. The first-order valence-corrected chi connectivity index (χ1v) is 7.15. The van der Waals surface area contributed by atoms with Gasteiger partial charge in [-0.15, -0.1) is 0 Å². The Balaban J connectivity index is 2.47. The lowest BCUT2D eigenvalue weighted by Gasteiger charge is -2.35. The van der Waals surface area contributed by atoms with E-state index in [1.165, 1.54) is 52.0 Å². The Morgan fingerprint density at radius 3 is 2.59 bits per heavy atom. The zero-order chi connectivity index (χ0) is 12.7. The summed E-state index contributed by atoms with van der Waals surface area (Å²) in [6, 6.07) is 0. The van der Waals surface area contributed by atoms with Gasteiger partial charge in [0, 0.05) is 26.2 Å². The third kappa shape index (κ3) is 5.36. The molecule has 0 saturated carbocycles. The number of nitrogens with one attached hydrogen (secondary N) is 1. The molecule has 1 heterocycles. The molecule has 1 saturated heterocycles. The van der Waals surface area contributed by atoms with Crippen LogP contribution in [0.15, 0.2) is 0 Å². The van der Waals surface area contributed by atoms with Crippen LogP contribution in [0, 0.1) is 5.41 Å². The van der Waals surface area contributed by atoms with Crippen LogP contribution >= 0.6 is 0 Å².